The zero-order chi connectivity index (χ0) is 17.4. The van der Waals surface area contributed by atoms with Crippen LogP contribution in [0.5, 0.6) is 5.88 Å². The Morgan fingerprint density at radius 2 is 2.04 bits per heavy atom. The van der Waals surface area contributed by atoms with Gasteiger partial charge in [0.05, 0.1) is 11.9 Å². The summed E-state index contributed by atoms with van der Waals surface area (Å²) in [7, 11) is 0. The molecule has 1 aliphatic heterocycles. The van der Waals surface area contributed by atoms with Crippen LogP contribution in [0.25, 0.3) is 12.2 Å². The molecule has 5 nitrogen and oxygen atoms in total. The van der Waals surface area contributed by atoms with Gasteiger partial charge in [0.2, 0.25) is 5.88 Å². The number of benzene rings is 2. The molecule has 2 aromatic carbocycles. The first-order valence-corrected chi connectivity index (χ1v) is 7.74. The molecular formula is C19H14FN3O2. The van der Waals surface area contributed by atoms with Crippen LogP contribution in [0.3, 0.4) is 0 Å². The molecule has 25 heavy (non-hydrogen) atoms. The quantitative estimate of drug-likeness (QED) is 0.762. The van der Waals surface area contributed by atoms with Gasteiger partial charge in [0.25, 0.3) is 0 Å². The summed E-state index contributed by atoms with van der Waals surface area (Å²) in [5.74, 6) is -0.664. The van der Waals surface area contributed by atoms with E-state index >= 15 is 0 Å². The molecule has 6 heteroatoms. The third-order valence-electron chi connectivity index (χ3n) is 4.13. The van der Waals surface area contributed by atoms with Gasteiger partial charge in [0.15, 0.2) is 0 Å². The Morgan fingerprint density at radius 3 is 2.88 bits per heavy atom. The van der Waals surface area contributed by atoms with Crippen LogP contribution in [-0.4, -0.2) is 14.7 Å². The molecule has 0 fully saturated rings. The van der Waals surface area contributed by atoms with Gasteiger partial charge in [0, 0.05) is 22.5 Å². The number of imidazole rings is 1. The zero-order valence-corrected chi connectivity index (χ0v) is 13.1. The Kier molecular flexibility index (Phi) is 3.57. The van der Waals surface area contributed by atoms with E-state index < -0.39 is 11.5 Å². The Balaban J connectivity index is 1.80. The third kappa shape index (κ3) is 2.67. The largest absolute Gasteiger partial charge is 0.493 e. The van der Waals surface area contributed by atoms with Crippen molar-refractivity contribution in [1.29, 1.82) is 0 Å². The topological polar surface area (TPSA) is 70.4 Å². The minimum atomic E-state index is -0.505. The number of aromatic amines is 1. The lowest BCUT2D eigenvalue weighted by atomic mass is 10.1. The number of aromatic nitrogens is 2. The zero-order valence-electron chi connectivity index (χ0n) is 13.1. The highest BCUT2D eigenvalue weighted by atomic mass is 19.1. The van der Waals surface area contributed by atoms with Crippen molar-refractivity contribution >= 4 is 12.2 Å². The van der Waals surface area contributed by atoms with E-state index in [1.54, 1.807) is 30.5 Å². The number of fused-ring (bicyclic) bond motifs is 1. The second-order valence-electron chi connectivity index (χ2n) is 5.72. The summed E-state index contributed by atoms with van der Waals surface area (Å²) in [6.07, 6.45) is 5.25. The average molecular weight is 335 g/mol. The fourth-order valence-corrected chi connectivity index (χ4v) is 2.85. The lowest BCUT2D eigenvalue weighted by Crippen LogP contribution is -2.25. The van der Waals surface area contributed by atoms with Gasteiger partial charge in [-0.1, -0.05) is 36.4 Å². The first-order chi connectivity index (χ1) is 12.1. The summed E-state index contributed by atoms with van der Waals surface area (Å²) in [6.45, 7) is -0.0551. The Hall–Kier alpha value is -3.41. The van der Waals surface area contributed by atoms with Crippen LogP contribution in [0.2, 0.25) is 0 Å². The summed E-state index contributed by atoms with van der Waals surface area (Å²) in [6, 6.07) is 11.8. The van der Waals surface area contributed by atoms with Crippen LogP contribution in [0, 0.1) is 5.82 Å². The maximum Gasteiger partial charge on any atom is 0.329 e. The third-order valence-corrected chi connectivity index (χ3v) is 4.13. The smallest absolute Gasteiger partial charge is 0.329 e. The molecule has 0 aliphatic carbocycles. The highest BCUT2D eigenvalue weighted by Gasteiger charge is 2.13. The Morgan fingerprint density at radius 1 is 1.20 bits per heavy atom. The molecule has 0 amide bonds. The van der Waals surface area contributed by atoms with Gasteiger partial charge in [-0.05, 0) is 18.2 Å². The van der Waals surface area contributed by atoms with Gasteiger partial charge in [-0.25, -0.2) is 9.18 Å². The summed E-state index contributed by atoms with van der Waals surface area (Å²) >= 11 is 0. The standard InChI is InChI=1S/C19H14FN3O2/c20-15-7-2-1-4-14(15)11-23-18(24)16(22-19(23)25)10-13-6-3-5-12-8-9-21-17(12)13/h1-10,24H,11H2,(H,22,25)/b13-10-. The van der Waals surface area contributed by atoms with Gasteiger partial charge >= 0.3 is 5.69 Å². The van der Waals surface area contributed by atoms with Gasteiger partial charge in [-0.3, -0.25) is 9.56 Å². The van der Waals surface area contributed by atoms with Crippen LogP contribution in [0.4, 0.5) is 4.39 Å². The van der Waals surface area contributed by atoms with Crippen molar-refractivity contribution in [2.75, 3.05) is 0 Å². The summed E-state index contributed by atoms with van der Waals surface area (Å²) in [5.41, 5.74) is 1.05. The van der Waals surface area contributed by atoms with Crippen molar-refractivity contribution in [1.82, 2.24) is 9.55 Å². The van der Waals surface area contributed by atoms with E-state index in [9.17, 15) is 14.3 Å². The number of hydrogen-bond donors (Lipinski definition) is 2. The van der Waals surface area contributed by atoms with Crippen LogP contribution >= 0.6 is 0 Å². The molecule has 2 heterocycles. The van der Waals surface area contributed by atoms with Crippen LogP contribution in [0.15, 0.2) is 58.5 Å². The normalized spacial score (nSPS) is 13.1. The van der Waals surface area contributed by atoms with Crippen molar-refractivity contribution < 1.29 is 9.50 Å². The Bertz CT molecular complexity index is 1170. The monoisotopic (exact) mass is 335 g/mol. The summed E-state index contributed by atoms with van der Waals surface area (Å²) < 4.78 is 14.9. The highest BCUT2D eigenvalue weighted by Crippen LogP contribution is 2.16. The summed E-state index contributed by atoms with van der Waals surface area (Å²) in [5, 5.41) is 12.0. The molecule has 0 bridgehead atoms. The highest BCUT2D eigenvalue weighted by molar-refractivity contribution is 5.56. The van der Waals surface area contributed by atoms with E-state index in [-0.39, 0.29) is 18.1 Å². The molecule has 0 atom stereocenters. The number of hydrogen-bond acceptors (Lipinski definition) is 3. The fourth-order valence-electron chi connectivity index (χ4n) is 2.85. The molecule has 0 unspecified atom stereocenters. The SMILES string of the molecule is O=c1[nH]c(/C=c2/cccc3c2=NC=C3)c(O)n1Cc1ccccc1F. The van der Waals surface area contributed by atoms with Crippen molar-refractivity contribution in [3.8, 4) is 5.88 Å². The molecular weight excluding hydrogens is 321 g/mol. The number of nitrogens with zero attached hydrogens (tertiary/aromatic N) is 2. The van der Waals surface area contributed by atoms with E-state index in [0.717, 1.165) is 20.7 Å². The van der Waals surface area contributed by atoms with Crippen molar-refractivity contribution in [2.45, 2.75) is 6.54 Å². The second kappa shape index (κ2) is 5.90. The molecule has 4 rings (SSSR count). The minimum absolute atomic E-state index is 0.0551. The Labute approximate surface area is 141 Å². The number of rotatable bonds is 3. The number of halogens is 1. The lowest BCUT2D eigenvalue weighted by molar-refractivity contribution is 0.418. The van der Waals surface area contributed by atoms with Crippen LogP contribution < -0.4 is 16.3 Å². The molecule has 3 aromatic rings. The van der Waals surface area contributed by atoms with Crippen molar-refractivity contribution in [3.63, 3.8) is 0 Å². The molecule has 0 saturated heterocycles. The van der Waals surface area contributed by atoms with Gasteiger partial charge in [0.1, 0.15) is 11.5 Å². The fraction of sp³-hybridized carbons (Fsp3) is 0.0526. The molecule has 0 radical (unpaired) electrons. The molecule has 1 aliphatic rings. The maximum absolute atomic E-state index is 13.8. The number of nitrogens with one attached hydrogen (secondary N) is 1. The first kappa shape index (κ1) is 15.1. The lowest BCUT2D eigenvalue weighted by Gasteiger charge is -2.04. The van der Waals surface area contributed by atoms with E-state index in [1.165, 1.54) is 6.07 Å². The molecule has 1 aromatic heterocycles. The average Bonchev–Trinajstić information content (AvgIpc) is 3.18. The van der Waals surface area contributed by atoms with Crippen molar-refractivity contribution in [2.24, 2.45) is 4.99 Å². The van der Waals surface area contributed by atoms with E-state index in [0.29, 0.717) is 5.56 Å². The summed E-state index contributed by atoms with van der Waals surface area (Å²) in [4.78, 5) is 19.1. The number of para-hydroxylation sites is 1. The molecule has 0 spiro atoms. The van der Waals surface area contributed by atoms with E-state index in [2.05, 4.69) is 9.98 Å². The molecule has 0 saturated carbocycles. The van der Waals surface area contributed by atoms with E-state index in [4.69, 9.17) is 0 Å². The molecule has 124 valence electrons. The first-order valence-electron chi connectivity index (χ1n) is 7.74. The van der Waals surface area contributed by atoms with Crippen LogP contribution in [-0.2, 0) is 6.54 Å². The number of aromatic hydroxyl groups is 1. The second-order valence-corrected chi connectivity index (χ2v) is 5.72. The van der Waals surface area contributed by atoms with Gasteiger partial charge in [-0.2, -0.15) is 0 Å². The number of H-pyrrole nitrogens is 1. The van der Waals surface area contributed by atoms with Gasteiger partial charge < -0.3 is 10.1 Å². The molecule has 2 N–H and O–H groups in total. The van der Waals surface area contributed by atoms with Crippen molar-refractivity contribution in [3.05, 3.63) is 92.4 Å². The van der Waals surface area contributed by atoms with Crippen LogP contribution in [0.1, 0.15) is 16.8 Å². The predicted octanol–water partition coefficient (Wildman–Crippen LogP) is 1.50. The van der Waals surface area contributed by atoms with E-state index in [1.807, 2.05) is 24.3 Å². The predicted molar refractivity (Wildman–Crippen MR) is 92.0 cm³/mol. The maximum atomic E-state index is 13.8. The van der Waals surface area contributed by atoms with Gasteiger partial charge in [-0.15, -0.1) is 0 Å². The minimum Gasteiger partial charge on any atom is -0.493 e.